The second-order valence-corrected chi connectivity index (χ2v) is 4.98. The van der Waals surface area contributed by atoms with E-state index in [0.717, 1.165) is 6.42 Å². The first-order valence-corrected chi connectivity index (χ1v) is 6.70. The van der Waals surface area contributed by atoms with E-state index in [2.05, 4.69) is 27.3 Å². The summed E-state index contributed by atoms with van der Waals surface area (Å²) in [6.45, 7) is -0.874. The zero-order valence-corrected chi connectivity index (χ0v) is 14.6. The number of benzene rings is 1. The third-order valence-corrected chi connectivity index (χ3v) is 3.38. The Morgan fingerprint density at radius 1 is 1.45 bits per heavy atom. The monoisotopic (exact) mass is 429 g/mol. The van der Waals surface area contributed by atoms with Crippen molar-refractivity contribution >= 4 is 29.9 Å². The molecule has 0 amide bonds. The summed E-state index contributed by atoms with van der Waals surface area (Å²) in [5.74, 6) is 0.314. The number of hydrogen-bond acceptors (Lipinski definition) is 2. The van der Waals surface area contributed by atoms with Crippen LogP contribution in [0.15, 0.2) is 23.2 Å². The summed E-state index contributed by atoms with van der Waals surface area (Å²) in [5.41, 5.74) is 0.0459. The van der Waals surface area contributed by atoms with Crippen molar-refractivity contribution in [3.8, 4) is 5.75 Å². The van der Waals surface area contributed by atoms with Crippen molar-refractivity contribution in [1.82, 2.24) is 10.6 Å². The first-order chi connectivity index (χ1) is 10.0. The molecule has 0 aromatic heterocycles. The number of halogens is 4. The lowest BCUT2D eigenvalue weighted by Crippen LogP contribution is -2.38. The summed E-state index contributed by atoms with van der Waals surface area (Å²) >= 11 is 0. The summed E-state index contributed by atoms with van der Waals surface area (Å²) in [4.78, 5) is 4.02. The molecule has 1 fully saturated rings. The van der Waals surface area contributed by atoms with Gasteiger partial charge in [-0.25, -0.2) is 4.39 Å². The van der Waals surface area contributed by atoms with Gasteiger partial charge in [-0.2, -0.15) is 8.78 Å². The first kappa shape index (κ1) is 18.9. The van der Waals surface area contributed by atoms with Gasteiger partial charge < -0.3 is 15.4 Å². The molecule has 1 aliphatic rings. The molecule has 1 aliphatic carbocycles. The maximum atomic E-state index is 13.8. The Kier molecular flexibility index (Phi) is 7.24. The van der Waals surface area contributed by atoms with E-state index < -0.39 is 12.4 Å². The molecular weight excluding hydrogens is 410 g/mol. The molecule has 0 heterocycles. The summed E-state index contributed by atoms with van der Waals surface area (Å²) in [6.07, 6.45) is 1.06. The van der Waals surface area contributed by atoms with Crippen LogP contribution >= 0.6 is 24.0 Å². The third kappa shape index (κ3) is 5.22. The van der Waals surface area contributed by atoms with Crippen molar-refractivity contribution in [3.63, 3.8) is 0 Å². The van der Waals surface area contributed by atoms with Crippen molar-refractivity contribution in [2.75, 3.05) is 7.05 Å². The lowest BCUT2D eigenvalue weighted by atomic mass is 10.2. The molecule has 0 spiro atoms. The second kappa shape index (κ2) is 8.44. The molecule has 2 atom stereocenters. The van der Waals surface area contributed by atoms with Crippen LogP contribution in [-0.2, 0) is 6.54 Å². The molecular formula is C14H19F3IN3O. The number of nitrogens with zero attached hydrogens (tertiary/aromatic N) is 1. The highest BCUT2D eigenvalue weighted by Gasteiger charge is 2.33. The van der Waals surface area contributed by atoms with Crippen molar-refractivity contribution in [2.24, 2.45) is 10.9 Å². The van der Waals surface area contributed by atoms with E-state index in [0.29, 0.717) is 17.9 Å². The number of rotatable bonds is 5. The summed E-state index contributed by atoms with van der Waals surface area (Å²) in [5, 5.41) is 6.07. The van der Waals surface area contributed by atoms with E-state index in [-0.39, 0.29) is 41.8 Å². The van der Waals surface area contributed by atoms with Crippen molar-refractivity contribution in [1.29, 1.82) is 0 Å². The molecule has 2 rings (SSSR count). The lowest BCUT2D eigenvalue weighted by Gasteiger charge is -2.15. The van der Waals surface area contributed by atoms with Gasteiger partial charge in [0.1, 0.15) is 11.6 Å². The van der Waals surface area contributed by atoms with Gasteiger partial charge in [-0.15, -0.1) is 24.0 Å². The van der Waals surface area contributed by atoms with Crippen LogP contribution in [0.5, 0.6) is 5.75 Å². The molecule has 1 aromatic rings. The van der Waals surface area contributed by atoms with E-state index in [1.807, 2.05) is 0 Å². The normalized spacial score (nSPS) is 20.4. The number of hydrogen-bond donors (Lipinski definition) is 2. The highest BCUT2D eigenvalue weighted by atomic mass is 127. The minimum Gasteiger partial charge on any atom is -0.434 e. The van der Waals surface area contributed by atoms with Gasteiger partial charge in [0.2, 0.25) is 0 Å². The fourth-order valence-electron chi connectivity index (χ4n) is 1.98. The van der Waals surface area contributed by atoms with Crippen LogP contribution < -0.4 is 15.4 Å². The Balaban J connectivity index is 0.00000242. The van der Waals surface area contributed by atoms with Crippen molar-refractivity contribution in [2.45, 2.75) is 32.5 Å². The number of ether oxygens (including phenoxy) is 1. The predicted molar refractivity (Wildman–Crippen MR) is 89.4 cm³/mol. The van der Waals surface area contributed by atoms with Crippen LogP contribution in [0.4, 0.5) is 13.2 Å². The molecule has 124 valence electrons. The highest BCUT2D eigenvalue weighted by Crippen LogP contribution is 2.29. The quantitative estimate of drug-likeness (QED) is 0.430. The summed E-state index contributed by atoms with van der Waals surface area (Å²) < 4.78 is 42.7. The molecule has 1 saturated carbocycles. The first-order valence-electron chi connectivity index (χ1n) is 6.70. The molecule has 0 aliphatic heterocycles. The Morgan fingerprint density at radius 3 is 2.68 bits per heavy atom. The SMILES string of the molecule is CN=C(NCc1c(F)cccc1OC(F)F)NC1CC1C.I. The fraction of sp³-hybridized carbons (Fsp3) is 0.500. The van der Waals surface area contributed by atoms with Gasteiger partial charge in [-0.3, -0.25) is 4.99 Å². The molecule has 0 bridgehead atoms. The van der Waals surface area contributed by atoms with Crippen LogP contribution in [0.25, 0.3) is 0 Å². The molecule has 8 heteroatoms. The second-order valence-electron chi connectivity index (χ2n) is 4.98. The molecule has 0 radical (unpaired) electrons. The van der Waals surface area contributed by atoms with Crippen LogP contribution in [-0.4, -0.2) is 25.7 Å². The Bertz CT molecular complexity index is 528. The van der Waals surface area contributed by atoms with Gasteiger partial charge in [0, 0.05) is 25.2 Å². The highest BCUT2D eigenvalue weighted by molar-refractivity contribution is 14.0. The fourth-order valence-corrected chi connectivity index (χ4v) is 1.98. The standard InChI is InChI=1S/C14H18F3N3O.HI/c1-8-6-11(8)20-14(18-2)19-7-9-10(15)4-3-5-12(9)21-13(16)17;/h3-5,8,11,13H,6-7H2,1-2H3,(H2,18,19,20);1H. The Morgan fingerprint density at radius 2 is 2.14 bits per heavy atom. The zero-order valence-electron chi connectivity index (χ0n) is 12.3. The van der Waals surface area contributed by atoms with Crippen molar-refractivity contribution in [3.05, 3.63) is 29.6 Å². The molecule has 2 N–H and O–H groups in total. The largest absolute Gasteiger partial charge is 0.434 e. The van der Waals surface area contributed by atoms with E-state index >= 15 is 0 Å². The van der Waals surface area contributed by atoms with Gasteiger partial charge in [0.25, 0.3) is 0 Å². The molecule has 2 unspecified atom stereocenters. The van der Waals surface area contributed by atoms with Crippen LogP contribution in [0, 0.1) is 11.7 Å². The van der Waals surface area contributed by atoms with Crippen molar-refractivity contribution < 1.29 is 17.9 Å². The van der Waals surface area contributed by atoms with E-state index in [1.165, 1.54) is 18.2 Å². The van der Waals surface area contributed by atoms with Gasteiger partial charge in [0.05, 0.1) is 0 Å². The third-order valence-electron chi connectivity index (χ3n) is 3.38. The lowest BCUT2D eigenvalue weighted by molar-refractivity contribution is -0.0506. The van der Waals surface area contributed by atoms with Gasteiger partial charge in [-0.05, 0) is 24.5 Å². The van der Waals surface area contributed by atoms with Crippen LogP contribution in [0.1, 0.15) is 18.9 Å². The maximum Gasteiger partial charge on any atom is 0.387 e. The number of aliphatic imine (C=N–C) groups is 1. The zero-order chi connectivity index (χ0) is 15.4. The molecule has 1 aromatic carbocycles. The number of alkyl halides is 2. The Labute approximate surface area is 144 Å². The van der Waals surface area contributed by atoms with Gasteiger partial charge in [-0.1, -0.05) is 13.0 Å². The smallest absolute Gasteiger partial charge is 0.387 e. The summed E-state index contributed by atoms with van der Waals surface area (Å²) in [6, 6.07) is 4.20. The minimum absolute atomic E-state index is 0. The predicted octanol–water partition coefficient (Wildman–Crippen LogP) is 3.12. The number of guanidine groups is 1. The van der Waals surface area contributed by atoms with Crippen LogP contribution in [0.3, 0.4) is 0 Å². The maximum absolute atomic E-state index is 13.8. The summed E-state index contributed by atoms with van der Waals surface area (Å²) in [7, 11) is 1.60. The van der Waals surface area contributed by atoms with Gasteiger partial charge >= 0.3 is 6.61 Å². The average Bonchev–Trinajstić information content (AvgIpc) is 3.11. The average molecular weight is 429 g/mol. The molecule has 4 nitrogen and oxygen atoms in total. The molecule has 22 heavy (non-hydrogen) atoms. The molecule has 0 saturated heterocycles. The Hall–Kier alpha value is -1.19. The van der Waals surface area contributed by atoms with E-state index in [4.69, 9.17) is 0 Å². The van der Waals surface area contributed by atoms with E-state index in [9.17, 15) is 13.2 Å². The van der Waals surface area contributed by atoms with E-state index in [1.54, 1.807) is 7.05 Å². The van der Waals surface area contributed by atoms with Gasteiger partial charge in [0.15, 0.2) is 5.96 Å². The number of nitrogens with one attached hydrogen (secondary N) is 2. The topological polar surface area (TPSA) is 45.7 Å². The minimum atomic E-state index is -2.99. The van der Waals surface area contributed by atoms with Crippen LogP contribution in [0.2, 0.25) is 0 Å².